The number of β-amino-alcohol motifs (C(OH)–C–C–N with tert-alkyl or cyclic N) is 1. The number of aromatic nitrogens is 2. The van der Waals surface area contributed by atoms with E-state index in [1.807, 2.05) is 11.6 Å². The zero-order valence-corrected chi connectivity index (χ0v) is 9.98. The fourth-order valence-electron chi connectivity index (χ4n) is 2.22. The quantitative estimate of drug-likeness (QED) is 0.795. The van der Waals surface area contributed by atoms with Crippen molar-refractivity contribution in [3.8, 4) is 0 Å². The van der Waals surface area contributed by atoms with Crippen molar-refractivity contribution in [2.45, 2.75) is 39.3 Å². The molecule has 0 radical (unpaired) electrons. The highest BCUT2D eigenvalue weighted by molar-refractivity contribution is 5.66. The monoisotopic (exact) mass is 224 g/mol. The van der Waals surface area contributed by atoms with Gasteiger partial charge in [-0.3, -0.25) is 0 Å². The number of nitrogens with two attached hydrogens (primary N) is 1. The molecule has 1 aliphatic heterocycles. The van der Waals surface area contributed by atoms with E-state index >= 15 is 0 Å². The minimum absolute atomic E-state index is 0.232. The third-order valence-corrected chi connectivity index (χ3v) is 3.04. The van der Waals surface area contributed by atoms with Crippen LogP contribution in [0.15, 0.2) is 0 Å². The third kappa shape index (κ3) is 1.87. The molecule has 5 heteroatoms. The van der Waals surface area contributed by atoms with Gasteiger partial charge in [-0.25, -0.2) is 4.68 Å². The second-order valence-corrected chi connectivity index (χ2v) is 4.43. The summed E-state index contributed by atoms with van der Waals surface area (Å²) in [7, 11) is 0. The van der Waals surface area contributed by atoms with Gasteiger partial charge < -0.3 is 15.7 Å². The molecule has 2 rings (SSSR count). The van der Waals surface area contributed by atoms with E-state index in [0.717, 1.165) is 43.1 Å². The number of aliphatic hydroxyl groups excluding tert-OH is 1. The molecular weight excluding hydrogens is 204 g/mol. The molecule has 1 aromatic rings. The number of aliphatic hydroxyl groups is 1. The van der Waals surface area contributed by atoms with Gasteiger partial charge in [-0.05, 0) is 19.8 Å². The lowest BCUT2D eigenvalue weighted by atomic mass is 10.3. The average molecular weight is 224 g/mol. The van der Waals surface area contributed by atoms with Gasteiger partial charge in [0, 0.05) is 19.6 Å². The Bertz CT molecular complexity index is 374. The van der Waals surface area contributed by atoms with Crippen molar-refractivity contribution in [1.82, 2.24) is 9.78 Å². The topological polar surface area (TPSA) is 67.3 Å². The fraction of sp³-hybridized carbons (Fsp3) is 0.727. The molecular formula is C11H20N4O. The Balaban J connectivity index is 2.30. The maximum atomic E-state index is 9.57. The van der Waals surface area contributed by atoms with Gasteiger partial charge in [-0.15, -0.1) is 0 Å². The van der Waals surface area contributed by atoms with E-state index in [2.05, 4.69) is 16.9 Å². The van der Waals surface area contributed by atoms with Crippen molar-refractivity contribution in [3.63, 3.8) is 0 Å². The van der Waals surface area contributed by atoms with E-state index in [4.69, 9.17) is 5.73 Å². The lowest BCUT2D eigenvalue weighted by molar-refractivity contribution is 0.198. The van der Waals surface area contributed by atoms with Gasteiger partial charge in [0.05, 0.1) is 17.5 Å². The highest BCUT2D eigenvalue weighted by atomic mass is 16.3. The molecule has 0 bridgehead atoms. The summed E-state index contributed by atoms with van der Waals surface area (Å²) in [6.45, 7) is 6.45. The molecule has 1 fully saturated rings. The molecule has 90 valence electrons. The van der Waals surface area contributed by atoms with Crippen LogP contribution in [0.3, 0.4) is 0 Å². The first-order valence-electron chi connectivity index (χ1n) is 5.89. The molecule has 0 aliphatic carbocycles. The van der Waals surface area contributed by atoms with Gasteiger partial charge in [0.15, 0.2) is 5.82 Å². The molecule has 0 saturated carbocycles. The van der Waals surface area contributed by atoms with Crippen molar-refractivity contribution in [2.24, 2.45) is 0 Å². The molecule has 0 amide bonds. The number of nitrogens with zero attached hydrogens (tertiary/aromatic N) is 3. The maximum absolute atomic E-state index is 9.57. The maximum Gasteiger partial charge on any atom is 0.150 e. The SMILES string of the molecule is CCCn1nc(C)c(N)c1N1CCC(O)C1. The summed E-state index contributed by atoms with van der Waals surface area (Å²) in [6.07, 6.45) is 1.62. The van der Waals surface area contributed by atoms with Crippen molar-refractivity contribution in [3.05, 3.63) is 5.69 Å². The Morgan fingerprint density at radius 1 is 1.56 bits per heavy atom. The summed E-state index contributed by atoms with van der Waals surface area (Å²) in [6, 6.07) is 0. The smallest absolute Gasteiger partial charge is 0.150 e. The van der Waals surface area contributed by atoms with Crippen LogP contribution >= 0.6 is 0 Å². The van der Waals surface area contributed by atoms with E-state index in [0.29, 0.717) is 6.54 Å². The molecule has 1 saturated heterocycles. The van der Waals surface area contributed by atoms with Crippen LogP contribution in [0.25, 0.3) is 0 Å². The third-order valence-electron chi connectivity index (χ3n) is 3.04. The van der Waals surface area contributed by atoms with E-state index in [1.165, 1.54) is 0 Å². The van der Waals surface area contributed by atoms with Gasteiger partial charge in [-0.1, -0.05) is 6.92 Å². The van der Waals surface area contributed by atoms with Crippen molar-refractivity contribution >= 4 is 11.5 Å². The zero-order chi connectivity index (χ0) is 11.7. The second kappa shape index (κ2) is 4.33. The predicted octanol–water partition coefficient (Wildman–Crippen LogP) is 0.755. The highest BCUT2D eigenvalue weighted by Crippen LogP contribution is 2.29. The zero-order valence-electron chi connectivity index (χ0n) is 9.98. The Morgan fingerprint density at radius 2 is 2.31 bits per heavy atom. The lowest BCUT2D eigenvalue weighted by Gasteiger charge is -2.19. The van der Waals surface area contributed by atoms with Crippen LogP contribution in [-0.2, 0) is 6.54 Å². The fourth-order valence-corrected chi connectivity index (χ4v) is 2.22. The average Bonchev–Trinajstić information content (AvgIpc) is 2.74. The molecule has 2 heterocycles. The van der Waals surface area contributed by atoms with Gasteiger partial charge in [0.1, 0.15) is 0 Å². The Morgan fingerprint density at radius 3 is 2.88 bits per heavy atom. The van der Waals surface area contributed by atoms with E-state index < -0.39 is 0 Å². The van der Waals surface area contributed by atoms with E-state index in [-0.39, 0.29) is 6.10 Å². The van der Waals surface area contributed by atoms with E-state index in [1.54, 1.807) is 0 Å². The van der Waals surface area contributed by atoms with Crippen molar-refractivity contribution in [2.75, 3.05) is 23.7 Å². The number of nitrogen functional groups attached to an aromatic ring is 1. The molecule has 1 unspecified atom stereocenters. The normalized spacial score (nSPS) is 20.7. The molecule has 1 aromatic heterocycles. The minimum atomic E-state index is -0.232. The number of rotatable bonds is 3. The first-order valence-corrected chi connectivity index (χ1v) is 5.89. The van der Waals surface area contributed by atoms with Crippen LogP contribution in [0.4, 0.5) is 11.5 Å². The summed E-state index contributed by atoms with van der Waals surface area (Å²) >= 11 is 0. The Kier molecular flexibility index (Phi) is 3.05. The number of hydrogen-bond donors (Lipinski definition) is 2. The number of aryl methyl sites for hydroxylation is 2. The molecule has 0 spiro atoms. The first-order chi connectivity index (χ1) is 7.63. The molecule has 0 aromatic carbocycles. The summed E-state index contributed by atoms with van der Waals surface area (Å²) in [5.41, 5.74) is 7.68. The Labute approximate surface area is 95.8 Å². The molecule has 16 heavy (non-hydrogen) atoms. The summed E-state index contributed by atoms with van der Waals surface area (Å²) < 4.78 is 1.96. The number of hydrogen-bond acceptors (Lipinski definition) is 4. The number of anilines is 2. The second-order valence-electron chi connectivity index (χ2n) is 4.43. The van der Waals surface area contributed by atoms with Crippen LogP contribution in [0.1, 0.15) is 25.5 Å². The Hall–Kier alpha value is -1.23. The summed E-state index contributed by atoms with van der Waals surface area (Å²) in [5, 5.41) is 14.0. The summed E-state index contributed by atoms with van der Waals surface area (Å²) in [5.74, 6) is 0.982. The van der Waals surface area contributed by atoms with Crippen LogP contribution in [-0.4, -0.2) is 34.1 Å². The highest BCUT2D eigenvalue weighted by Gasteiger charge is 2.26. The van der Waals surface area contributed by atoms with Gasteiger partial charge in [-0.2, -0.15) is 5.10 Å². The van der Waals surface area contributed by atoms with Crippen LogP contribution < -0.4 is 10.6 Å². The largest absolute Gasteiger partial charge is 0.394 e. The van der Waals surface area contributed by atoms with Crippen LogP contribution in [0, 0.1) is 6.92 Å². The molecule has 3 N–H and O–H groups in total. The minimum Gasteiger partial charge on any atom is -0.394 e. The molecule has 1 atom stereocenters. The van der Waals surface area contributed by atoms with Gasteiger partial charge in [0.25, 0.3) is 0 Å². The molecule has 5 nitrogen and oxygen atoms in total. The van der Waals surface area contributed by atoms with Crippen molar-refractivity contribution in [1.29, 1.82) is 0 Å². The van der Waals surface area contributed by atoms with Crippen LogP contribution in [0.2, 0.25) is 0 Å². The van der Waals surface area contributed by atoms with E-state index in [9.17, 15) is 5.11 Å². The first kappa shape index (κ1) is 11.3. The van der Waals surface area contributed by atoms with Crippen LogP contribution in [0.5, 0.6) is 0 Å². The standard InChI is InChI=1S/C11H20N4O/c1-3-5-15-11(10(12)8(2)13-15)14-6-4-9(16)7-14/h9,16H,3-7,12H2,1-2H3. The predicted molar refractivity (Wildman–Crippen MR) is 64.5 cm³/mol. The lowest BCUT2D eigenvalue weighted by Crippen LogP contribution is -2.25. The molecule has 1 aliphatic rings. The van der Waals surface area contributed by atoms with Gasteiger partial charge in [0.2, 0.25) is 0 Å². The summed E-state index contributed by atoms with van der Waals surface area (Å²) in [4.78, 5) is 2.13. The van der Waals surface area contributed by atoms with Gasteiger partial charge >= 0.3 is 0 Å². The van der Waals surface area contributed by atoms with Crippen molar-refractivity contribution < 1.29 is 5.11 Å².